The summed E-state index contributed by atoms with van der Waals surface area (Å²) in [6.07, 6.45) is -4.84. The molecule has 0 unspecified atom stereocenters. The lowest BCUT2D eigenvalue weighted by Crippen LogP contribution is -2.42. The van der Waals surface area contributed by atoms with Crippen molar-refractivity contribution in [3.8, 4) is 17.1 Å². The third kappa shape index (κ3) is 4.55. The fraction of sp³-hybridized carbons (Fsp3) is 0.381. The van der Waals surface area contributed by atoms with E-state index >= 15 is 0 Å². The SMILES string of the molecule is CCOC(=O)N1C[C@H](F)[C@H](NC(=O)c2cc(-c3cc(C(F)(F)F)c4c(N)ncnn34)cnc2OC)C1. The van der Waals surface area contributed by atoms with E-state index < -0.39 is 41.5 Å². The van der Waals surface area contributed by atoms with Crippen LogP contribution in [0.2, 0.25) is 0 Å². The predicted molar refractivity (Wildman–Crippen MR) is 117 cm³/mol. The average Bonchev–Trinajstić information content (AvgIpc) is 3.40. The largest absolute Gasteiger partial charge is 0.480 e. The molecule has 0 bridgehead atoms. The second-order valence-corrected chi connectivity index (χ2v) is 7.83. The van der Waals surface area contributed by atoms with E-state index in [1.807, 2.05) is 0 Å². The second-order valence-electron chi connectivity index (χ2n) is 7.83. The fourth-order valence-electron chi connectivity index (χ4n) is 3.92. The molecular weight excluding hydrogens is 490 g/mol. The van der Waals surface area contributed by atoms with E-state index in [1.54, 1.807) is 6.92 Å². The lowest BCUT2D eigenvalue weighted by molar-refractivity contribution is -0.136. The number of anilines is 1. The molecule has 3 N–H and O–H groups in total. The van der Waals surface area contributed by atoms with Gasteiger partial charge in [0.15, 0.2) is 5.82 Å². The Labute approximate surface area is 201 Å². The smallest absolute Gasteiger partial charge is 0.418 e. The number of aromatic nitrogens is 4. The zero-order valence-electron chi connectivity index (χ0n) is 19.0. The van der Waals surface area contributed by atoms with Gasteiger partial charge in [0, 0.05) is 18.3 Å². The number of nitrogens with two attached hydrogens (primary N) is 1. The van der Waals surface area contributed by atoms with Crippen molar-refractivity contribution in [1.29, 1.82) is 0 Å². The third-order valence-corrected chi connectivity index (χ3v) is 5.56. The van der Waals surface area contributed by atoms with E-state index in [9.17, 15) is 27.2 Å². The van der Waals surface area contributed by atoms with Crippen molar-refractivity contribution in [1.82, 2.24) is 29.8 Å². The van der Waals surface area contributed by atoms with Crippen LogP contribution in [0.15, 0.2) is 24.7 Å². The van der Waals surface area contributed by atoms with Crippen molar-refractivity contribution in [2.24, 2.45) is 0 Å². The molecule has 2 amide bonds. The van der Waals surface area contributed by atoms with Crippen LogP contribution in [-0.4, -0.2) is 75.5 Å². The molecule has 1 fully saturated rings. The summed E-state index contributed by atoms with van der Waals surface area (Å²) in [7, 11) is 1.25. The van der Waals surface area contributed by atoms with Gasteiger partial charge < -0.3 is 25.4 Å². The molecule has 0 aromatic carbocycles. The van der Waals surface area contributed by atoms with Crippen LogP contribution in [0, 0.1) is 0 Å². The van der Waals surface area contributed by atoms with Crippen molar-refractivity contribution < 1.29 is 36.6 Å². The van der Waals surface area contributed by atoms with Crippen LogP contribution in [0.3, 0.4) is 0 Å². The molecule has 0 aliphatic carbocycles. The van der Waals surface area contributed by atoms with E-state index in [-0.39, 0.29) is 48.2 Å². The maximum Gasteiger partial charge on any atom is 0.418 e. The Kier molecular flexibility index (Phi) is 6.56. The van der Waals surface area contributed by atoms with Crippen LogP contribution >= 0.6 is 0 Å². The number of nitrogens with zero attached hydrogens (tertiary/aromatic N) is 5. The number of pyridine rings is 1. The molecule has 0 saturated carbocycles. The Morgan fingerprint density at radius 1 is 1.25 bits per heavy atom. The number of amides is 2. The quantitative estimate of drug-likeness (QED) is 0.498. The molecule has 4 heterocycles. The summed E-state index contributed by atoms with van der Waals surface area (Å²) in [5, 5.41) is 6.35. The molecule has 192 valence electrons. The first-order valence-electron chi connectivity index (χ1n) is 10.7. The Hall–Kier alpha value is -4.17. The van der Waals surface area contributed by atoms with Gasteiger partial charge in [-0.05, 0) is 19.1 Å². The predicted octanol–water partition coefficient (Wildman–Crippen LogP) is 2.31. The van der Waals surface area contributed by atoms with Crippen molar-refractivity contribution in [3.05, 3.63) is 35.8 Å². The van der Waals surface area contributed by atoms with Gasteiger partial charge in [-0.2, -0.15) is 18.3 Å². The molecule has 11 nitrogen and oxygen atoms in total. The Bertz CT molecular complexity index is 1310. The molecule has 2 atom stereocenters. The first-order chi connectivity index (χ1) is 17.0. The molecule has 3 aromatic heterocycles. The van der Waals surface area contributed by atoms with Crippen molar-refractivity contribution >= 4 is 23.3 Å². The van der Waals surface area contributed by atoms with Crippen LogP contribution in [0.4, 0.5) is 28.2 Å². The van der Waals surface area contributed by atoms with Gasteiger partial charge in [-0.3, -0.25) is 4.79 Å². The molecule has 3 aromatic rings. The van der Waals surface area contributed by atoms with Crippen LogP contribution < -0.4 is 15.8 Å². The normalized spacial score (nSPS) is 17.9. The van der Waals surface area contributed by atoms with E-state index in [2.05, 4.69) is 20.4 Å². The highest BCUT2D eigenvalue weighted by Gasteiger charge is 2.38. The lowest BCUT2D eigenvalue weighted by atomic mass is 10.1. The molecule has 36 heavy (non-hydrogen) atoms. The summed E-state index contributed by atoms with van der Waals surface area (Å²) in [6, 6.07) is 1.01. The zero-order valence-corrected chi connectivity index (χ0v) is 19.0. The molecule has 0 spiro atoms. The first kappa shape index (κ1) is 24.9. The zero-order chi connectivity index (χ0) is 26.2. The summed E-state index contributed by atoms with van der Waals surface area (Å²) in [4.78, 5) is 33.7. The molecule has 15 heteroatoms. The highest BCUT2D eigenvalue weighted by atomic mass is 19.4. The third-order valence-electron chi connectivity index (χ3n) is 5.56. The first-order valence-corrected chi connectivity index (χ1v) is 10.7. The van der Waals surface area contributed by atoms with E-state index in [4.69, 9.17) is 15.2 Å². The summed E-state index contributed by atoms with van der Waals surface area (Å²) in [5.74, 6) is -1.33. The van der Waals surface area contributed by atoms with E-state index in [0.29, 0.717) is 0 Å². The summed E-state index contributed by atoms with van der Waals surface area (Å²) in [6.45, 7) is 1.32. The number of alkyl halides is 4. The number of halogens is 4. The van der Waals surface area contributed by atoms with Gasteiger partial charge in [0.1, 0.15) is 23.6 Å². The minimum Gasteiger partial charge on any atom is -0.480 e. The van der Waals surface area contributed by atoms with Crippen LogP contribution in [-0.2, 0) is 10.9 Å². The van der Waals surface area contributed by atoms with Gasteiger partial charge in [0.05, 0.1) is 37.6 Å². The Morgan fingerprint density at radius 3 is 2.67 bits per heavy atom. The van der Waals surface area contributed by atoms with Crippen molar-refractivity contribution in [2.45, 2.75) is 25.3 Å². The number of hydrogen-bond acceptors (Lipinski definition) is 8. The topological polar surface area (TPSA) is 137 Å². The molecule has 4 rings (SSSR count). The number of hydrogen-bond donors (Lipinski definition) is 2. The molecule has 0 radical (unpaired) electrons. The minimum absolute atomic E-state index is 0.0617. The number of nitrogens with one attached hydrogen (secondary N) is 1. The number of carbonyl (C=O) groups excluding carboxylic acids is 2. The second kappa shape index (κ2) is 9.47. The highest BCUT2D eigenvalue weighted by molar-refractivity contribution is 5.98. The average molecular weight is 511 g/mol. The van der Waals surface area contributed by atoms with Gasteiger partial charge >= 0.3 is 12.3 Å². The molecule has 1 aliphatic rings. The van der Waals surface area contributed by atoms with Gasteiger partial charge in [0.2, 0.25) is 5.88 Å². The highest BCUT2D eigenvalue weighted by Crippen LogP contribution is 2.39. The summed E-state index contributed by atoms with van der Waals surface area (Å²) in [5.41, 5.74) is 4.02. The molecular formula is C21H21F4N7O4. The standard InChI is InChI=1S/C21H21F4N7O4/c1-3-36-20(34)31-7-13(22)14(8-31)30-18(33)11-4-10(6-27-19(11)35-2)15-5-12(21(23,24)25)16-17(26)28-9-29-32(15)16/h4-6,9,13-14H,3,7-8H2,1-2H3,(H,30,33)(H2,26,28,29)/t13-,14+/m0/s1. The van der Waals surface area contributed by atoms with Crippen molar-refractivity contribution in [2.75, 3.05) is 32.5 Å². The summed E-state index contributed by atoms with van der Waals surface area (Å²) < 4.78 is 66.4. The number of carbonyl (C=O) groups is 2. The minimum atomic E-state index is -4.76. The van der Waals surface area contributed by atoms with Gasteiger partial charge in [-0.1, -0.05) is 0 Å². The van der Waals surface area contributed by atoms with Crippen LogP contribution in [0.5, 0.6) is 5.88 Å². The number of methoxy groups -OCH3 is 1. The number of fused-ring (bicyclic) bond motifs is 1. The number of rotatable bonds is 5. The Morgan fingerprint density at radius 2 is 2.00 bits per heavy atom. The lowest BCUT2D eigenvalue weighted by Gasteiger charge is -2.17. The molecule has 1 aliphatic heterocycles. The number of likely N-dealkylation sites (tertiary alicyclic amines) is 1. The van der Waals surface area contributed by atoms with Gasteiger partial charge in [-0.25, -0.2) is 23.7 Å². The summed E-state index contributed by atoms with van der Waals surface area (Å²) >= 11 is 0. The Balaban J connectivity index is 1.68. The van der Waals surface area contributed by atoms with Gasteiger partial charge in [0.25, 0.3) is 5.91 Å². The maximum absolute atomic E-state index is 14.5. The molecule has 1 saturated heterocycles. The number of nitrogen functional groups attached to an aromatic ring is 1. The maximum atomic E-state index is 14.5. The van der Waals surface area contributed by atoms with Crippen LogP contribution in [0.1, 0.15) is 22.8 Å². The fourth-order valence-corrected chi connectivity index (χ4v) is 3.92. The van der Waals surface area contributed by atoms with E-state index in [1.165, 1.54) is 19.4 Å². The van der Waals surface area contributed by atoms with E-state index in [0.717, 1.165) is 21.8 Å². The number of ether oxygens (including phenoxy) is 2. The monoisotopic (exact) mass is 511 g/mol. The van der Waals surface area contributed by atoms with Gasteiger partial charge in [-0.15, -0.1) is 0 Å². The van der Waals surface area contributed by atoms with Crippen LogP contribution in [0.25, 0.3) is 16.8 Å². The van der Waals surface area contributed by atoms with Crippen molar-refractivity contribution in [3.63, 3.8) is 0 Å².